The van der Waals surface area contributed by atoms with Gasteiger partial charge in [0.1, 0.15) is 0 Å². The van der Waals surface area contributed by atoms with Crippen LogP contribution in [0, 0.1) is 27.7 Å². The van der Waals surface area contributed by atoms with E-state index in [2.05, 4.69) is 225 Å². The van der Waals surface area contributed by atoms with Gasteiger partial charge in [0.25, 0.3) is 0 Å². The Hall–Kier alpha value is -9.19. The Morgan fingerprint density at radius 1 is 0.292 bits per heavy atom. The molecule has 3 aromatic heterocycles. The molecule has 0 atom stereocenters. The van der Waals surface area contributed by atoms with E-state index in [9.17, 15) is 0 Å². The van der Waals surface area contributed by atoms with Gasteiger partial charge in [-0.1, -0.05) is 181 Å². The molecular weight excluding hydrogens is 875 g/mol. The molecular formula is C67H49N5. The van der Waals surface area contributed by atoms with Crippen molar-refractivity contribution in [1.29, 1.82) is 0 Å². The fourth-order valence-electron chi connectivity index (χ4n) is 10.8. The van der Waals surface area contributed by atoms with Crippen molar-refractivity contribution in [2.24, 2.45) is 0 Å². The predicted octanol–water partition coefficient (Wildman–Crippen LogP) is 17.3. The SMILES string of the molecule is Cc1ccc(-c2ccc3c4ccc(-c5ccc(C)c(C)c5)cc4n(-c4ccc(-c5cccc6c5c5ccccc5n6-c5ccccc5)cc4-c4nc(-c5ccccc5)nc(-c5ccccc5)n4)c3c2)c(C)c1. The largest absolute Gasteiger partial charge is 0.309 e. The number of aryl methyl sites for hydroxylation is 4. The molecule has 342 valence electrons. The Labute approximate surface area is 419 Å². The van der Waals surface area contributed by atoms with Gasteiger partial charge in [0.2, 0.25) is 0 Å². The molecule has 5 nitrogen and oxygen atoms in total. The number of hydrogen-bond donors (Lipinski definition) is 0. The molecule has 0 amide bonds. The molecule has 0 bridgehead atoms. The van der Waals surface area contributed by atoms with Crippen molar-refractivity contribution in [2.75, 3.05) is 0 Å². The van der Waals surface area contributed by atoms with Crippen molar-refractivity contribution < 1.29 is 0 Å². The topological polar surface area (TPSA) is 48.5 Å². The molecule has 3 heterocycles. The van der Waals surface area contributed by atoms with E-state index >= 15 is 0 Å². The molecule has 10 aromatic carbocycles. The van der Waals surface area contributed by atoms with Crippen LogP contribution in [0.25, 0.3) is 123 Å². The molecule has 0 N–H and O–H groups in total. The van der Waals surface area contributed by atoms with Crippen LogP contribution in [-0.4, -0.2) is 24.1 Å². The Morgan fingerprint density at radius 3 is 1.56 bits per heavy atom. The van der Waals surface area contributed by atoms with Gasteiger partial charge in [0.15, 0.2) is 17.5 Å². The first kappa shape index (κ1) is 42.9. The molecule has 0 saturated heterocycles. The van der Waals surface area contributed by atoms with Crippen molar-refractivity contribution in [2.45, 2.75) is 27.7 Å². The molecule has 0 aliphatic heterocycles. The second-order valence-corrected chi connectivity index (χ2v) is 19.1. The molecule has 72 heavy (non-hydrogen) atoms. The Kier molecular flexibility index (Phi) is 10.3. The van der Waals surface area contributed by atoms with E-state index in [0.29, 0.717) is 17.5 Å². The van der Waals surface area contributed by atoms with Crippen LogP contribution < -0.4 is 0 Å². The smallest absolute Gasteiger partial charge is 0.166 e. The summed E-state index contributed by atoms with van der Waals surface area (Å²) >= 11 is 0. The van der Waals surface area contributed by atoms with Gasteiger partial charge in [0.05, 0.1) is 27.8 Å². The molecule has 13 rings (SSSR count). The predicted molar refractivity (Wildman–Crippen MR) is 300 cm³/mol. The third kappa shape index (κ3) is 7.28. The van der Waals surface area contributed by atoms with E-state index in [1.807, 2.05) is 36.4 Å². The minimum absolute atomic E-state index is 0.587. The second-order valence-electron chi connectivity index (χ2n) is 19.1. The fourth-order valence-corrected chi connectivity index (χ4v) is 10.8. The first-order valence-corrected chi connectivity index (χ1v) is 24.7. The van der Waals surface area contributed by atoms with Gasteiger partial charge in [-0.25, -0.2) is 15.0 Å². The maximum Gasteiger partial charge on any atom is 0.166 e. The molecule has 0 fully saturated rings. The molecule has 0 unspecified atom stereocenters. The summed E-state index contributed by atoms with van der Waals surface area (Å²) in [5.74, 6) is 1.81. The summed E-state index contributed by atoms with van der Waals surface area (Å²) in [4.78, 5) is 16.1. The first-order chi connectivity index (χ1) is 35.3. The maximum absolute atomic E-state index is 5.45. The number of benzene rings is 10. The Morgan fingerprint density at radius 2 is 0.861 bits per heavy atom. The Balaban J connectivity index is 1.14. The lowest BCUT2D eigenvalue weighted by Crippen LogP contribution is -2.04. The van der Waals surface area contributed by atoms with Gasteiger partial charge in [0, 0.05) is 43.9 Å². The molecule has 0 radical (unpaired) electrons. The quantitative estimate of drug-likeness (QED) is 0.153. The van der Waals surface area contributed by atoms with Crippen molar-refractivity contribution in [3.8, 4) is 78.9 Å². The van der Waals surface area contributed by atoms with Crippen molar-refractivity contribution >= 4 is 43.6 Å². The van der Waals surface area contributed by atoms with Crippen LogP contribution in [0.1, 0.15) is 22.3 Å². The summed E-state index contributed by atoms with van der Waals surface area (Å²) < 4.78 is 4.84. The number of fused-ring (bicyclic) bond motifs is 6. The summed E-state index contributed by atoms with van der Waals surface area (Å²) in [7, 11) is 0. The van der Waals surface area contributed by atoms with Crippen molar-refractivity contribution in [1.82, 2.24) is 24.1 Å². The summed E-state index contributed by atoms with van der Waals surface area (Å²) in [6.45, 7) is 8.74. The highest BCUT2D eigenvalue weighted by Crippen LogP contribution is 2.44. The van der Waals surface area contributed by atoms with Crippen LogP contribution in [0.2, 0.25) is 0 Å². The van der Waals surface area contributed by atoms with Gasteiger partial charge < -0.3 is 9.13 Å². The zero-order valence-corrected chi connectivity index (χ0v) is 40.6. The molecule has 5 heteroatoms. The van der Waals surface area contributed by atoms with Crippen LogP contribution in [0.5, 0.6) is 0 Å². The van der Waals surface area contributed by atoms with Crippen LogP contribution in [0.15, 0.2) is 224 Å². The fraction of sp³-hybridized carbons (Fsp3) is 0.0597. The lowest BCUT2D eigenvalue weighted by atomic mass is 9.96. The van der Waals surface area contributed by atoms with Gasteiger partial charge in [-0.3, -0.25) is 0 Å². The zero-order chi connectivity index (χ0) is 48.5. The summed E-state index contributed by atoms with van der Waals surface area (Å²) in [5.41, 5.74) is 21.3. The normalized spacial score (nSPS) is 11.6. The molecule has 0 aliphatic carbocycles. The van der Waals surface area contributed by atoms with E-state index in [4.69, 9.17) is 15.0 Å². The third-order valence-electron chi connectivity index (χ3n) is 14.5. The highest BCUT2D eigenvalue weighted by Gasteiger charge is 2.23. The van der Waals surface area contributed by atoms with Crippen LogP contribution in [0.3, 0.4) is 0 Å². The highest BCUT2D eigenvalue weighted by atomic mass is 15.1. The number of aromatic nitrogens is 5. The second kappa shape index (κ2) is 17.3. The zero-order valence-electron chi connectivity index (χ0n) is 40.6. The molecule has 0 saturated carbocycles. The minimum Gasteiger partial charge on any atom is -0.309 e. The van der Waals surface area contributed by atoms with E-state index < -0.39 is 0 Å². The standard InChI is InChI=1S/C67H49N5/c1-42-27-33-53(45(4)37-42)51-31-35-56-55-34-30-49(48-29-28-43(2)44(3)38-48)40-62(55)72(63(56)41-51)60-36-32-50(54-24-16-26-61-64(54)57-23-14-15-25-59(57)71(61)52-21-12-7-13-22-52)39-58(60)67-69-65(46-17-8-5-9-18-46)68-66(70-67)47-19-10-6-11-20-47/h5-41H,1-4H3. The van der Waals surface area contributed by atoms with Gasteiger partial charge in [-0.05, 0) is 126 Å². The summed E-state index contributed by atoms with van der Waals surface area (Å²) in [5, 5.41) is 4.72. The van der Waals surface area contributed by atoms with Gasteiger partial charge >= 0.3 is 0 Å². The van der Waals surface area contributed by atoms with E-state index in [1.165, 1.54) is 54.9 Å². The first-order valence-electron chi connectivity index (χ1n) is 24.7. The van der Waals surface area contributed by atoms with E-state index in [-0.39, 0.29) is 0 Å². The van der Waals surface area contributed by atoms with Gasteiger partial charge in [-0.2, -0.15) is 0 Å². The van der Waals surface area contributed by atoms with E-state index in [1.54, 1.807) is 0 Å². The molecule has 0 aliphatic rings. The number of nitrogens with zero attached hydrogens (tertiary/aromatic N) is 5. The van der Waals surface area contributed by atoms with E-state index in [0.717, 1.165) is 72.4 Å². The van der Waals surface area contributed by atoms with Crippen LogP contribution in [0.4, 0.5) is 0 Å². The van der Waals surface area contributed by atoms with Gasteiger partial charge in [-0.15, -0.1) is 0 Å². The molecule has 0 spiro atoms. The monoisotopic (exact) mass is 923 g/mol. The lowest BCUT2D eigenvalue weighted by molar-refractivity contribution is 1.06. The van der Waals surface area contributed by atoms with Crippen molar-refractivity contribution in [3.05, 3.63) is 247 Å². The number of para-hydroxylation sites is 2. The highest BCUT2D eigenvalue weighted by molar-refractivity contribution is 6.16. The van der Waals surface area contributed by atoms with Crippen LogP contribution in [-0.2, 0) is 0 Å². The number of rotatable bonds is 8. The maximum atomic E-state index is 5.45. The van der Waals surface area contributed by atoms with Crippen molar-refractivity contribution in [3.63, 3.8) is 0 Å². The van der Waals surface area contributed by atoms with Crippen LogP contribution >= 0.6 is 0 Å². The summed E-state index contributed by atoms with van der Waals surface area (Å²) in [6, 6.07) is 80.9. The average molecular weight is 924 g/mol. The molecule has 13 aromatic rings. The summed E-state index contributed by atoms with van der Waals surface area (Å²) in [6.07, 6.45) is 0. The lowest BCUT2D eigenvalue weighted by Gasteiger charge is -2.17. The minimum atomic E-state index is 0.587. The Bertz CT molecular complexity index is 4180. The average Bonchev–Trinajstić information content (AvgIpc) is 3.94. The third-order valence-corrected chi connectivity index (χ3v) is 14.5. The number of hydrogen-bond acceptors (Lipinski definition) is 3.